The Morgan fingerprint density at radius 3 is 2.69 bits per heavy atom. The van der Waals surface area contributed by atoms with Gasteiger partial charge in [0.1, 0.15) is 0 Å². The van der Waals surface area contributed by atoms with Gasteiger partial charge in [-0.2, -0.15) is 5.21 Å². The molecule has 0 spiro atoms. The molecule has 0 aliphatic heterocycles. The number of carbonyl (C=O) groups excluding carboxylic acids is 1. The van der Waals surface area contributed by atoms with Crippen molar-refractivity contribution in [3.05, 3.63) is 68.8 Å². The Labute approximate surface area is 154 Å². The van der Waals surface area contributed by atoms with Gasteiger partial charge in [0.2, 0.25) is 5.82 Å². The van der Waals surface area contributed by atoms with Crippen LogP contribution in [0.25, 0.3) is 22.6 Å². The molecule has 8 nitrogen and oxygen atoms in total. The SMILES string of the molecule is O=C(Nc1cccc2c(=O)cc(-c3nn[nH]n3)oc12)c1ccc(Br)cc1. The van der Waals surface area contributed by atoms with Gasteiger partial charge in [-0.15, -0.1) is 10.2 Å². The first-order valence-electron chi connectivity index (χ1n) is 7.49. The zero-order chi connectivity index (χ0) is 18.1. The number of tetrazole rings is 1. The van der Waals surface area contributed by atoms with E-state index in [0.717, 1.165) is 4.47 Å². The van der Waals surface area contributed by atoms with Gasteiger partial charge in [-0.25, -0.2) is 0 Å². The highest BCUT2D eigenvalue weighted by atomic mass is 79.9. The van der Waals surface area contributed by atoms with Crippen molar-refractivity contribution >= 4 is 38.5 Å². The maximum atomic E-state index is 12.5. The number of hydrogen-bond donors (Lipinski definition) is 2. The number of carbonyl (C=O) groups is 1. The van der Waals surface area contributed by atoms with Crippen molar-refractivity contribution in [3.63, 3.8) is 0 Å². The van der Waals surface area contributed by atoms with Crippen LogP contribution in [-0.2, 0) is 0 Å². The first-order valence-corrected chi connectivity index (χ1v) is 8.29. The summed E-state index contributed by atoms with van der Waals surface area (Å²) in [6, 6.07) is 13.1. The molecule has 0 radical (unpaired) electrons. The van der Waals surface area contributed by atoms with Crippen LogP contribution < -0.4 is 10.7 Å². The van der Waals surface area contributed by atoms with Gasteiger partial charge < -0.3 is 9.73 Å². The van der Waals surface area contributed by atoms with E-state index in [4.69, 9.17) is 4.42 Å². The first-order chi connectivity index (χ1) is 12.6. The smallest absolute Gasteiger partial charge is 0.255 e. The van der Waals surface area contributed by atoms with Gasteiger partial charge >= 0.3 is 0 Å². The molecule has 2 heterocycles. The summed E-state index contributed by atoms with van der Waals surface area (Å²) in [5.41, 5.74) is 0.816. The van der Waals surface area contributed by atoms with Gasteiger partial charge in [0, 0.05) is 16.1 Å². The molecule has 26 heavy (non-hydrogen) atoms. The number of aromatic nitrogens is 4. The van der Waals surface area contributed by atoms with E-state index in [1.165, 1.54) is 6.07 Å². The van der Waals surface area contributed by atoms with Gasteiger partial charge in [0.15, 0.2) is 16.8 Å². The molecule has 0 atom stereocenters. The monoisotopic (exact) mass is 411 g/mol. The Kier molecular flexibility index (Phi) is 4.05. The fourth-order valence-corrected chi connectivity index (χ4v) is 2.71. The van der Waals surface area contributed by atoms with E-state index in [9.17, 15) is 9.59 Å². The molecule has 2 aromatic carbocycles. The lowest BCUT2D eigenvalue weighted by Gasteiger charge is -2.08. The molecule has 0 unspecified atom stereocenters. The summed E-state index contributed by atoms with van der Waals surface area (Å²) in [5, 5.41) is 16.5. The van der Waals surface area contributed by atoms with Crippen LogP contribution in [0.15, 0.2) is 62.2 Å². The predicted molar refractivity (Wildman–Crippen MR) is 97.8 cm³/mol. The molecule has 0 fully saturated rings. The molecule has 0 saturated carbocycles. The Morgan fingerprint density at radius 2 is 1.96 bits per heavy atom. The van der Waals surface area contributed by atoms with Crippen molar-refractivity contribution in [2.24, 2.45) is 0 Å². The zero-order valence-corrected chi connectivity index (χ0v) is 14.6. The zero-order valence-electron chi connectivity index (χ0n) is 13.1. The molecule has 0 saturated heterocycles. The summed E-state index contributed by atoms with van der Waals surface area (Å²) in [7, 11) is 0. The molecule has 2 aromatic heterocycles. The summed E-state index contributed by atoms with van der Waals surface area (Å²) in [4.78, 5) is 24.9. The highest BCUT2D eigenvalue weighted by molar-refractivity contribution is 9.10. The largest absolute Gasteiger partial charge is 0.450 e. The van der Waals surface area contributed by atoms with E-state index >= 15 is 0 Å². The minimum absolute atomic E-state index is 0.151. The van der Waals surface area contributed by atoms with Crippen molar-refractivity contribution in [1.29, 1.82) is 0 Å². The number of fused-ring (bicyclic) bond motifs is 1. The van der Waals surface area contributed by atoms with E-state index in [-0.39, 0.29) is 28.5 Å². The van der Waals surface area contributed by atoms with Crippen LogP contribution >= 0.6 is 15.9 Å². The third kappa shape index (κ3) is 3.00. The highest BCUT2D eigenvalue weighted by Gasteiger charge is 2.15. The molecular weight excluding hydrogens is 402 g/mol. The van der Waals surface area contributed by atoms with Crippen molar-refractivity contribution in [2.45, 2.75) is 0 Å². The van der Waals surface area contributed by atoms with Crippen LogP contribution in [0.3, 0.4) is 0 Å². The lowest BCUT2D eigenvalue weighted by Crippen LogP contribution is -2.13. The van der Waals surface area contributed by atoms with Crippen LogP contribution in [0.2, 0.25) is 0 Å². The maximum Gasteiger partial charge on any atom is 0.255 e. The molecule has 128 valence electrons. The lowest BCUT2D eigenvalue weighted by molar-refractivity contribution is 0.102. The van der Waals surface area contributed by atoms with Gasteiger partial charge in [0.05, 0.1) is 11.1 Å². The quantitative estimate of drug-likeness (QED) is 0.535. The number of para-hydroxylation sites is 1. The van der Waals surface area contributed by atoms with E-state index in [0.29, 0.717) is 16.6 Å². The van der Waals surface area contributed by atoms with E-state index in [2.05, 4.69) is 41.9 Å². The number of benzene rings is 2. The Balaban J connectivity index is 1.78. The summed E-state index contributed by atoms with van der Waals surface area (Å²) in [5.74, 6) is -0.0164. The Hall–Kier alpha value is -3.33. The van der Waals surface area contributed by atoms with E-state index < -0.39 is 0 Å². The summed E-state index contributed by atoms with van der Waals surface area (Å²) in [6.07, 6.45) is 0. The number of aromatic amines is 1. The van der Waals surface area contributed by atoms with Crippen LogP contribution in [0.4, 0.5) is 5.69 Å². The second kappa shape index (κ2) is 6.52. The Bertz CT molecular complexity index is 1150. The molecule has 0 bridgehead atoms. The number of nitrogens with one attached hydrogen (secondary N) is 2. The fraction of sp³-hybridized carbons (Fsp3) is 0. The van der Waals surface area contributed by atoms with Crippen LogP contribution in [0, 0.1) is 0 Å². The number of rotatable bonds is 3. The first kappa shape index (κ1) is 16.2. The van der Waals surface area contributed by atoms with Crippen LogP contribution in [0.5, 0.6) is 0 Å². The highest BCUT2D eigenvalue weighted by Crippen LogP contribution is 2.25. The van der Waals surface area contributed by atoms with Gasteiger partial charge in [0.25, 0.3) is 5.91 Å². The molecule has 1 amide bonds. The average Bonchev–Trinajstić information content (AvgIpc) is 3.17. The number of amides is 1. The van der Waals surface area contributed by atoms with Gasteiger partial charge in [-0.1, -0.05) is 22.0 Å². The molecular formula is C17H10BrN5O3. The predicted octanol–water partition coefficient (Wildman–Crippen LogP) is 2.99. The van der Waals surface area contributed by atoms with Gasteiger partial charge in [-0.05, 0) is 41.6 Å². The lowest BCUT2D eigenvalue weighted by atomic mass is 10.1. The topological polar surface area (TPSA) is 114 Å². The number of nitrogens with zero attached hydrogens (tertiary/aromatic N) is 3. The summed E-state index contributed by atoms with van der Waals surface area (Å²) < 4.78 is 6.64. The third-order valence-corrected chi connectivity index (χ3v) is 4.20. The minimum Gasteiger partial charge on any atom is -0.450 e. The van der Waals surface area contributed by atoms with Crippen molar-refractivity contribution in [3.8, 4) is 11.6 Å². The van der Waals surface area contributed by atoms with Crippen molar-refractivity contribution in [2.75, 3.05) is 5.32 Å². The Morgan fingerprint density at radius 1 is 1.15 bits per heavy atom. The molecule has 2 N–H and O–H groups in total. The standard InChI is InChI=1S/C17H10BrN5O3/c18-10-6-4-9(5-7-10)17(25)19-12-3-1-2-11-13(24)8-14(26-15(11)12)16-20-22-23-21-16/h1-8H,(H,19,25)(H,20,21,22,23). The molecule has 0 aliphatic carbocycles. The second-order valence-electron chi connectivity index (χ2n) is 5.35. The van der Waals surface area contributed by atoms with Crippen molar-refractivity contribution < 1.29 is 9.21 Å². The fourth-order valence-electron chi connectivity index (χ4n) is 2.45. The molecule has 9 heteroatoms. The van der Waals surface area contributed by atoms with Crippen LogP contribution in [0.1, 0.15) is 10.4 Å². The normalized spacial score (nSPS) is 10.8. The molecule has 4 aromatic rings. The molecule has 0 aliphatic rings. The van der Waals surface area contributed by atoms with E-state index in [1.54, 1.807) is 42.5 Å². The number of H-pyrrole nitrogens is 1. The van der Waals surface area contributed by atoms with Crippen molar-refractivity contribution in [1.82, 2.24) is 20.6 Å². The maximum absolute atomic E-state index is 12.5. The van der Waals surface area contributed by atoms with Gasteiger partial charge in [-0.3, -0.25) is 9.59 Å². The average molecular weight is 412 g/mol. The third-order valence-electron chi connectivity index (χ3n) is 3.68. The summed E-state index contributed by atoms with van der Waals surface area (Å²) >= 11 is 3.33. The summed E-state index contributed by atoms with van der Waals surface area (Å²) in [6.45, 7) is 0. The number of hydrogen-bond acceptors (Lipinski definition) is 6. The van der Waals surface area contributed by atoms with Crippen LogP contribution in [-0.4, -0.2) is 26.5 Å². The van der Waals surface area contributed by atoms with E-state index in [1.807, 2.05) is 0 Å². The number of anilines is 1. The molecule has 4 rings (SSSR count). The number of halogens is 1. The second-order valence-corrected chi connectivity index (χ2v) is 6.27. The minimum atomic E-state index is -0.322.